The van der Waals surface area contributed by atoms with Crippen LogP contribution in [0.3, 0.4) is 0 Å². The number of benzene rings is 1. The standard InChI is InChI=1S/C23H33N3O4S/c1-4-29-15-16-30-14-13-25-12-9-24-22(25)18-7-10-26(11-8-18)23(27)20-6-5-19(31-3)17-21(20)28-2/h5-6,9,12,17-18H,4,7-8,10-11,13-16H2,1-3H3. The minimum absolute atomic E-state index is 0.0361. The van der Waals surface area contributed by atoms with Crippen LogP contribution in [0, 0.1) is 0 Å². The summed E-state index contributed by atoms with van der Waals surface area (Å²) in [6.07, 6.45) is 7.68. The molecule has 1 fully saturated rings. The van der Waals surface area contributed by atoms with Gasteiger partial charge >= 0.3 is 0 Å². The first-order valence-electron chi connectivity index (χ1n) is 10.9. The molecule has 3 rings (SSSR count). The van der Waals surface area contributed by atoms with E-state index in [0.717, 1.165) is 30.1 Å². The van der Waals surface area contributed by atoms with Crippen LogP contribution in [-0.4, -0.2) is 73.2 Å². The summed E-state index contributed by atoms with van der Waals surface area (Å²) in [5.74, 6) is 2.11. The topological polar surface area (TPSA) is 65.8 Å². The monoisotopic (exact) mass is 447 g/mol. The molecule has 0 saturated carbocycles. The fraction of sp³-hybridized carbons (Fsp3) is 0.565. The fourth-order valence-electron chi connectivity index (χ4n) is 3.88. The van der Waals surface area contributed by atoms with Crippen molar-refractivity contribution in [3.05, 3.63) is 42.0 Å². The first-order valence-corrected chi connectivity index (χ1v) is 12.1. The van der Waals surface area contributed by atoms with Crippen LogP contribution < -0.4 is 4.74 Å². The van der Waals surface area contributed by atoms with Gasteiger partial charge < -0.3 is 23.7 Å². The van der Waals surface area contributed by atoms with E-state index in [1.54, 1.807) is 18.9 Å². The van der Waals surface area contributed by atoms with Crippen molar-refractivity contribution < 1.29 is 19.0 Å². The fourth-order valence-corrected chi connectivity index (χ4v) is 4.31. The van der Waals surface area contributed by atoms with Crippen LogP contribution in [0.4, 0.5) is 0 Å². The van der Waals surface area contributed by atoms with E-state index < -0.39 is 0 Å². The van der Waals surface area contributed by atoms with Gasteiger partial charge in [-0.25, -0.2) is 4.98 Å². The van der Waals surface area contributed by atoms with Crippen molar-refractivity contribution in [3.63, 3.8) is 0 Å². The van der Waals surface area contributed by atoms with Gasteiger partial charge in [0.25, 0.3) is 5.91 Å². The zero-order chi connectivity index (χ0) is 22.1. The van der Waals surface area contributed by atoms with E-state index in [0.29, 0.717) is 56.7 Å². The van der Waals surface area contributed by atoms with E-state index in [-0.39, 0.29) is 5.91 Å². The van der Waals surface area contributed by atoms with Gasteiger partial charge in [0.1, 0.15) is 11.6 Å². The van der Waals surface area contributed by atoms with Gasteiger partial charge in [0.05, 0.1) is 32.5 Å². The lowest BCUT2D eigenvalue weighted by Crippen LogP contribution is -2.38. The minimum Gasteiger partial charge on any atom is -0.496 e. The highest BCUT2D eigenvalue weighted by molar-refractivity contribution is 7.98. The largest absolute Gasteiger partial charge is 0.496 e. The normalized spacial score (nSPS) is 14.7. The number of rotatable bonds is 11. The predicted molar refractivity (Wildman–Crippen MR) is 122 cm³/mol. The number of thioether (sulfide) groups is 1. The number of aromatic nitrogens is 2. The van der Waals surface area contributed by atoms with E-state index in [1.807, 2.05) is 48.7 Å². The van der Waals surface area contributed by atoms with Gasteiger partial charge in [-0.3, -0.25) is 4.79 Å². The van der Waals surface area contributed by atoms with Crippen LogP contribution >= 0.6 is 11.8 Å². The van der Waals surface area contributed by atoms with Crippen molar-refractivity contribution in [1.29, 1.82) is 0 Å². The molecule has 7 nitrogen and oxygen atoms in total. The maximum atomic E-state index is 13.1. The summed E-state index contributed by atoms with van der Waals surface area (Å²) >= 11 is 1.64. The number of methoxy groups -OCH3 is 1. The van der Waals surface area contributed by atoms with Crippen LogP contribution in [0.1, 0.15) is 41.9 Å². The third kappa shape index (κ3) is 6.24. The number of hydrogen-bond donors (Lipinski definition) is 0. The Bertz CT molecular complexity index is 834. The number of imidazole rings is 1. The van der Waals surface area contributed by atoms with Gasteiger partial charge in [0.15, 0.2) is 0 Å². The highest BCUT2D eigenvalue weighted by atomic mass is 32.2. The molecule has 0 bridgehead atoms. The second-order valence-corrected chi connectivity index (χ2v) is 8.30. The van der Waals surface area contributed by atoms with E-state index >= 15 is 0 Å². The Morgan fingerprint density at radius 3 is 2.68 bits per heavy atom. The molecule has 0 N–H and O–H groups in total. The average Bonchev–Trinajstić information content (AvgIpc) is 3.29. The number of amides is 1. The highest BCUT2D eigenvalue weighted by Crippen LogP contribution is 2.30. The molecule has 0 atom stereocenters. The number of piperidine rings is 1. The second kappa shape index (κ2) is 12.1. The molecule has 31 heavy (non-hydrogen) atoms. The number of ether oxygens (including phenoxy) is 3. The van der Waals surface area contributed by atoms with Crippen LogP contribution in [0.2, 0.25) is 0 Å². The molecule has 1 amide bonds. The molecule has 0 radical (unpaired) electrons. The molecule has 1 aromatic heterocycles. The molecule has 2 aromatic rings. The van der Waals surface area contributed by atoms with Gasteiger partial charge in [0.2, 0.25) is 0 Å². The zero-order valence-corrected chi connectivity index (χ0v) is 19.5. The summed E-state index contributed by atoms with van der Waals surface area (Å²) in [5, 5.41) is 0. The minimum atomic E-state index is 0.0361. The van der Waals surface area contributed by atoms with Crippen LogP contribution in [0.5, 0.6) is 5.75 Å². The smallest absolute Gasteiger partial charge is 0.257 e. The Morgan fingerprint density at radius 1 is 1.19 bits per heavy atom. The number of hydrogen-bond acceptors (Lipinski definition) is 6. The molecule has 170 valence electrons. The van der Waals surface area contributed by atoms with Crippen molar-refractivity contribution in [1.82, 2.24) is 14.5 Å². The predicted octanol–water partition coefficient (Wildman–Crippen LogP) is 3.69. The Morgan fingerprint density at radius 2 is 1.97 bits per heavy atom. The van der Waals surface area contributed by atoms with Crippen molar-refractivity contribution in [3.8, 4) is 5.75 Å². The maximum Gasteiger partial charge on any atom is 0.257 e. The molecule has 1 aromatic carbocycles. The van der Waals surface area contributed by atoms with Crippen LogP contribution in [0.15, 0.2) is 35.5 Å². The van der Waals surface area contributed by atoms with E-state index in [2.05, 4.69) is 9.55 Å². The molecule has 0 unspecified atom stereocenters. The van der Waals surface area contributed by atoms with E-state index in [1.165, 1.54) is 0 Å². The molecule has 0 aliphatic carbocycles. The Labute approximate surface area is 189 Å². The van der Waals surface area contributed by atoms with Gasteiger partial charge in [-0.05, 0) is 44.2 Å². The Balaban J connectivity index is 1.53. The number of carbonyl (C=O) groups excluding carboxylic acids is 1. The molecule has 8 heteroatoms. The van der Waals surface area contributed by atoms with E-state index in [4.69, 9.17) is 14.2 Å². The van der Waals surface area contributed by atoms with Crippen molar-refractivity contribution in [2.75, 3.05) is 52.9 Å². The van der Waals surface area contributed by atoms with Gasteiger partial charge in [-0.2, -0.15) is 0 Å². The molecule has 2 heterocycles. The lowest BCUT2D eigenvalue weighted by Gasteiger charge is -2.32. The van der Waals surface area contributed by atoms with Crippen LogP contribution in [0.25, 0.3) is 0 Å². The lowest BCUT2D eigenvalue weighted by atomic mass is 9.95. The number of likely N-dealkylation sites (tertiary alicyclic amines) is 1. The molecule has 1 aliphatic rings. The zero-order valence-electron chi connectivity index (χ0n) is 18.7. The van der Waals surface area contributed by atoms with Gasteiger partial charge in [-0.1, -0.05) is 0 Å². The molecule has 0 spiro atoms. The number of nitrogens with zero attached hydrogens (tertiary/aromatic N) is 3. The summed E-state index contributed by atoms with van der Waals surface area (Å²) in [7, 11) is 1.61. The summed E-state index contributed by atoms with van der Waals surface area (Å²) < 4.78 is 18.6. The third-order valence-corrected chi connectivity index (χ3v) is 6.31. The van der Waals surface area contributed by atoms with Crippen molar-refractivity contribution in [2.24, 2.45) is 0 Å². The highest BCUT2D eigenvalue weighted by Gasteiger charge is 2.28. The van der Waals surface area contributed by atoms with E-state index in [9.17, 15) is 4.79 Å². The maximum absolute atomic E-state index is 13.1. The van der Waals surface area contributed by atoms with Gasteiger partial charge in [-0.15, -0.1) is 11.8 Å². The molecular weight excluding hydrogens is 414 g/mol. The second-order valence-electron chi connectivity index (χ2n) is 7.42. The third-order valence-electron chi connectivity index (χ3n) is 5.59. The molecule has 1 aliphatic heterocycles. The molecular formula is C23H33N3O4S. The van der Waals surface area contributed by atoms with Crippen molar-refractivity contribution >= 4 is 17.7 Å². The first-order chi connectivity index (χ1) is 15.2. The summed E-state index contributed by atoms with van der Waals surface area (Å²) in [6.45, 7) is 6.78. The SMILES string of the molecule is CCOCCOCCn1ccnc1C1CCN(C(=O)c2ccc(SC)cc2OC)CC1. The summed E-state index contributed by atoms with van der Waals surface area (Å²) in [5.41, 5.74) is 0.629. The Hall–Kier alpha value is -2.03. The summed E-state index contributed by atoms with van der Waals surface area (Å²) in [6, 6.07) is 5.77. The first kappa shape index (κ1) is 23.6. The summed E-state index contributed by atoms with van der Waals surface area (Å²) in [4.78, 5) is 20.7. The quantitative estimate of drug-likeness (QED) is 0.387. The Kier molecular flexibility index (Phi) is 9.24. The van der Waals surface area contributed by atoms with Crippen LogP contribution in [-0.2, 0) is 16.0 Å². The average molecular weight is 448 g/mol. The van der Waals surface area contributed by atoms with Gasteiger partial charge in [0, 0.05) is 49.4 Å². The number of carbonyl (C=O) groups is 1. The molecule has 1 saturated heterocycles. The lowest BCUT2D eigenvalue weighted by molar-refractivity contribution is 0.0492. The van der Waals surface area contributed by atoms with Crippen molar-refractivity contribution in [2.45, 2.75) is 37.1 Å².